The van der Waals surface area contributed by atoms with Crippen LogP contribution >= 0.6 is 0 Å². The van der Waals surface area contributed by atoms with Crippen LogP contribution in [0.25, 0.3) is 5.82 Å². The molecule has 0 bridgehead atoms. The van der Waals surface area contributed by atoms with Crippen LogP contribution in [0, 0.1) is 5.41 Å². The van der Waals surface area contributed by atoms with Crippen LogP contribution in [0.1, 0.15) is 43.5 Å². The van der Waals surface area contributed by atoms with Crippen molar-refractivity contribution in [3.63, 3.8) is 0 Å². The second-order valence-corrected chi connectivity index (χ2v) is 6.45. The number of carbonyl (C=O) groups excluding carboxylic acids is 1. The Hall–Kier alpha value is -2.17. The molecule has 5 heteroatoms. The fourth-order valence-corrected chi connectivity index (χ4v) is 2.90. The summed E-state index contributed by atoms with van der Waals surface area (Å²) in [4.78, 5) is 20.5. The monoisotopic (exact) mass is 284 g/mol. The number of amides is 1. The maximum Gasteiger partial charge on any atom is 0.253 e. The zero-order chi connectivity index (χ0) is 14.9. The molecule has 3 rings (SSSR count). The quantitative estimate of drug-likeness (QED) is 0.942. The summed E-state index contributed by atoms with van der Waals surface area (Å²) in [7, 11) is 0. The van der Waals surface area contributed by atoms with E-state index in [4.69, 9.17) is 0 Å². The zero-order valence-electron chi connectivity index (χ0n) is 12.4. The summed E-state index contributed by atoms with van der Waals surface area (Å²) in [5.41, 5.74) is 0.935. The van der Waals surface area contributed by atoms with Crippen LogP contribution < -0.4 is 5.32 Å². The summed E-state index contributed by atoms with van der Waals surface area (Å²) in [6.45, 7) is 4.50. The average molecular weight is 284 g/mol. The van der Waals surface area contributed by atoms with E-state index in [1.165, 1.54) is 0 Å². The van der Waals surface area contributed by atoms with Crippen LogP contribution in [0.4, 0.5) is 0 Å². The molecule has 0 spiro atoms. The van der Waals surface area contributed by atoms with E-state index in [9.17, 15) is 4.79 Å². The van der Waals surface area contributed by atoms with Gasteiger partial charge in [0.2, 0.25) is 0 Å². The van der Waals surface area contributed by atoms with Gasteiger partial charge in [0.1, 0.15) is 12.1 Å². The molecule has 5 nitrogen and oxygen atoms in total. The molecule has 1 fully saturated rings. The standard InChI is InChI=1S/C16H20N4O/c1-16(2)6-5-13(9-16)19-15(21)12-3-4-14(18-10-12)20-8-7-17-11-20/h3-4,7-8,10-11,13H,5-6,9H2,1-2H3,(H,19,21). The molecule has 110 valence electrons. The molecule has 1 aliphatic carbocycles. The highest BCUT2D eigenvalue weighted by molar-refractivity contribution is 5.94. The van der Waals surface area contributed by atoms with Crippen LogP contribution in [0.2, 0.25) is 0 Å². The fraction of sp³-hybridized carbons (Fsp3) is 0.438. The lowest BCUT2D eigenvalue weighted by Crippen LogP contribution is -2.33. The molecule has 0 aromatic carbocycles. The average Bonchev–Trinajstić information content (AvgIpc) is 3.09. The number of imidazole rings is 1. The van der Waals surface area contributed by atoms with Crippen molar-refractivity contribution in [2.24, 2.45) is 5.41 Å². The van der Waals surface area contributed by atoms with Crippen LogP contribution in [0.15, 0.2) is 37.1 Å². The highest BCUT2D eigenvalue weighted by Gasteiger charge is 2.31. The Morgan fingerprint density at radius 3 is 2.86 bits per heavy atom. The highest BCUT2D eigenvalue weighted by Crippen LogP contribution is 2.36. The first-order valence-corrected chi connectivity index (χ1v) is 7.29. The van der Waals surface area contributed by atoms with Gasteiger partial charge in [0.25, 0.3) is 5.91 Å². The van der Waals surface area contributed by atoms with Gasteiger partial charge < -0.3 is 5.32 Å². The van der Waals surface area contributed by atoms with E-state index in [2.05, 4.69) is 29.1 Å². The van der Waals surface area contributed by atoms with E-state index in [0.717, 1.165) is 25.1 Å². The lowest BCUT2D eigenvalue weighted by Gasteiger charge is -2.17. The third-order valence-electron chi connectivity index (χ3n) is 4.08. The molecule has 1 amide bonds. The molecular weight excluding hydrogens is 264 g/mol. The smallest absolute Gasteiger partial charge is 0.253 e. The topological polar surface area (TPSA) is 59.8 Å². The van der Waals surface area contributed by atoms with Gasteiger partial charge in [-0.3, -0.25) is 9.36 Å². The van der Waals surface area contributed by atoms with Crippen LogP contribution in [0.5, 0.6) is 0 Å². The maximum atomic E-state index is 12.2. The van der Waals surface area contributed by atoms with E-state index in [1.807, 2.05) is 12.3 Å². The fourth-order valence-electron chi connectivity index (χ4n) is 2.90. The van der Waals surface area contributed by atoms with Gasteiger partial charge in [0.15, 0.2) is 0 Å². The van der Waals surface area contributed by atoms with Crippen molar-refractivity contribution >= 4 is 5.91 Å². The van der Waals surface area contributed by atoms with Gasteiger partial charge in [-0.15, -0.1) is 0 Å². The molecule has 0 saturated heterocycles. The number of rotatable bonds is 3. The molecule has 0 radical (unpaired) electrons. The van der Waals surface area contributed by atoms with Crippen molar-refractivity contribution < 1.29 is 4.79 Å². The molecule has 21 heavy (non-hydrogen) atoms. The zero-order valence-corrected chi connectivity index (χ0v) is 12.4. The van der Waals surface area contributed by atoms with E-state index in [1.54, 1.807) is 29.4 Å². The normalized spacial score (nSPS) is 20.4. The molecule has 1 N–H and O–H groups in total. The van der Waals surface area contributed by atoms with Gasteiger partial charge in [-0.05, 0) is 36.8 Å². The van der Waals surface area contributed by atoms with Crippen molar-refractivity contribution in [3.05, 3.63) is 42.6 Å². The lowest BCUT2D eigenvalue weighted by molar-refractivity contribution is 0.0935. The third-order valence-corrected chi connectivity index (χ3v) is 4.08. The summed E-state index contributed by atoms with van der Waals surface area (Å²) >= 11 is 0. The molecular formula is C16H20N4O. The summed E-state index contributed by atoms with van der Waals surface area (Å²) < 4.78 is 1.81. The molecule has 2 heterocycles. The van der Waals surface area contributed by atoms with Crippen LogP contribution in [-0.4, -0.2) is 26.5 Å². The second kappa shape index (κ2) is 5.31. The molecule has 1 saturated carbocycles. The largest absolute Gasteiger partial charge is 0.349 e. The lowest BCUT2D eigenvalue weighted by atomic mass is 9.92. The summed E-state index contributed by atoms with van der Waals surface area (Å²) in [5.74, 6) is 0.716. The molecule has 1 atom stereocenters. The van der Waals surface area contributed by atoms with Gasteiger partial charge in [0.05, 0.1) is 5.56 Å². The predicted octanol–water partition coefficient (Wildman–Crippen LogP) is 2.58. The number of pyridine rings is 1. The first kappa shape index (κ1) is 13.8. The first-order chi connectivity index (χ1) is 10.0. The van der Waals surface area contributed by atoms with Gasteiger partial charge in [0, 0.05) is 24.6 Å². The maximum absolute atomic E-state index is 12.2. The van der Waals surface area contributed by atoms with Gasteiger partial charge in [-0.2, -0.15) is 0 Å². The Kier molecular flexibility index (Phi) is 3.49. The summed E-state index contributed by atoms with van der Waals surface area (Å²) in [6, 6.07) is 3.91. The minimum absolute atomic E-state index is 0.0395. The Bertz CT molecular complexity index is 616. The number of hydrogen-bond acceptors (Lipinski definition) is 3. The Morgan fingerprint density at radius 1 is 1.43 bits per heavy atom. The molecule has 2 aromatic rings. The number of aromatic nitrogens is 3. The molecule has 0 aliphatic heterocycles. The van der Waals surface area contributed by atoms with E-state index in [-0.39, 0.29) is 11.9 Å². The second-order valence-electron chi connectivity index (χ2n) is 6.45. The SMILES string of the molecule is CC1(C)CCC(NC(=O)c2ccc(-n3ccnc3)nc2)C1. The number of nitrogens with zero attached hydrogens (tertiary/aromatic N) is 3. The van der Waals surface area contributed by atoms with Crippen molar-refractivity contribution in [1.82, 2.24) is 19.9 Å². The summed E-state index contributed by atoms with van der Waals surface area (Å²) in [6.07, 6.45) is 10.1. The van der Waals surface area contributed by atoms with Gasteiger partial charge >= 0.3 is 0 Å². The van der Waals surface area contributed by atoms with Crippen molar-refractivity contribution in [2.75, 3.05) is 0 Å². The van der Waals surface area contributed by atoms with Crippen LogP contribution in [0.3, 0.4) is 0 Å². The summed E-state index contributed by atoms with van der Waals surface area (Å²) in [5, 5.41) is 3.11. The Labute approximate surface area is 124 Å². The van der Waals surface area contributed by atoms with Crippen molar-refractivity contribution in [2.45, 2.75) is 39.2 Å². The minimum Gasteiger partial charge on any atom is -0.349 e. The van der Waals surface area contributed by atoms with E-state index >= 15 is 0 Å². The predicted molar refractivity (Wildman–Crippen MR) is 80.2 cm³/mol. The van der Waals surface area contributed by atoms with E-state index < -0.39 is 0 Å². The van der Waals surface area contributed by atoms with Crippen molar-refractivity contribution in [3.8, 4) is 5.82 Å². The van der Waals surface area contributed by atoms with E-state index in [0.29, 0.717) is 11.0 Å². The van der Waals surface area contributed by atoms with Gasteiger partial charge in [-0.1, -0.05) is 13.8 Å². The third kappa shape index (κ3) is 3.12. The van der Waals surface area contributed by atoms with Gasteiger partial charge in [-0.25, -0.2) is 9.97 Å². The first-order valence-electron chi connectivity index (χ1n) is 7.29. The molecule has 1 aliphatic rings. The van der Waals surface area contributed by atoms with Crippen molar-refractivity contribution in [1.29, 1.82) is 0 Å². The highest BCUT2D eigenvalue weighted by atomic mass is 16.1. The number of nitrogens with one attached hydrogen (secondary N) is 1. The Balaban J connectivity index is 1.65. The number of hydrogen-bond donors (Lipinski definition) is 1. The molecule has 1 unspecified atom stereocenters. The Morgan fingerprint density at radius 2 is 2.29 bits per heavy atom. The number of carbonyl (C=O) groups is 1. The van der Waals surface area contributed by atoms with Crippen LogP contribution in [-0.2, 0) is 0 Å². The molecule has 2 aromatic heterocycles. The minimum atomic E-state index is -0.0395.